The average Bonchev–Trinajstić information content (AvgIpc) is 3.16. The third-order valence-electron chi connectivity index (χ3n) is 5.48. The van der Waals surface area contributed by atoms with Gasteiger partial charge in [0.1, 0.15) is 6.04 Å². The van der Waals surface area contributed by atoms with E-state index in [1.54, 1.807) is 37.3 Å². The number of imide groups is 1. The fourth-order valence-corrected chi connectivity index (χ4v) is 3.69. The monoisotopic (exact) mass is 473 g/mol. The summed E-state index contributed by atoms with van der Waals surface area (Å²) in [5.41, 5.74) is 2.80. The molecule has 1 saturated heterocycles. The molecule has 1 aliphatic heterocycles. The van der Waals surface area contributed by atoms with Gasteiger partial charge in [0.15, 0.2) is 0 Å². The average molecular weight is 473 g/mol. The first kappa shape index (κ1) is 23.2. The van der Waals surface area contributed by atoms with Crippen molar-refractivity contribution < 1.29 is 24.1 Å². The number of rotatable bonds is 5. The number of hydrogen-bond acceptors (Lipinski definition) is 7. The lowest BCUT2D eigenvalue weighted by molar-refractivity contribution is -0.384. The fraction of sp³-hybridized carbons (Fsp3) is 0.125. The van der Waals surface area contributed by atoms with Crippen LogP contribution in [0, 0.1) is 17.0 Å². The molecule has 176 valence electrons. The molecular formula is C24H19N5O6. The van der Waals surface area contributed by atoms with E-state index in [-0.39, 0.29) is 23.2 Å². The molecule has 11 heteroatoms. The van der Waals surface area contributed by atoms with Crippen molar-refractivity contribution in [2.24, 2.45) is 0 Å². The number of nitrogens with one attached hydrogen (secondary N) is 1. The van der Waals surface area contributed by atoms with Gasteiger partial charge < -0.3 is 0 Å². The molecule has 4 amide bonds. The molecule has 1 N–H and O–H groups in total. The number of amides is 4. The van der Waals surface area contributed by atoms with Crippen LogP contribution in [0.1, 0.15) is 32.7 Å². The van der Waals surface area contributed by atoms with Crippen molar-refractivity contribution in [3.8, 4) is 0 Å². The highest BCUT2D eigenvalue weighted by Crippen LogP contribution is 2.27. The van der Waals surface area contributed by atoms with Crippen molar-refractivity contribution in [2.75, 3.05) is 4.90 Å². The molecule has 0 aliphatic carbocycles. The first-order valence-electron chi connectivity index (χ1n) is 10.5. The predicted molar refractivity (Wildman–Crippen MR) is 123 cm³/mol. The summed E-state index contributed by atoms with van der Waals surface area (Å²) in [4.78, 5) is 68.0. The van der Waals surface area contributed by atoms with E-state index in [2.05, 4.69) is 10.4 Å². The van der Waals surface area contributed by atoms with E-state index >= 15 is 0 Å². The molecule has 1 unspecified atom stereocenters. The van der Waals surface area contributed by atoms with E-state index in [4.69, 9.17) is 0 Å². The Morgan fingerprint density at radius 3 is 2.51 bits per heavy atom. The maximum Gasteiger partial charge on any atom is 0.273 e. The number of aryl methyl sites for hydroxylation is 1. The number of pyridine rings is 1. The van der Waals surface area contributed by atoms with Crippen LogP contribution >= 0.6 is 0 Å². The largest absolute Gasteiger partial charge is 0.274 e. The quantitative estimate of drug-likeness (QED) is 0.340. The Hall–Kier alpha value is -4.93. The van der Waals surface area contributed by atoms with Gasteiger partial charge in [0.2, 0.25) is 5.91 Å². The van der Waals surface area contributed by atoms with Gasteiger partial charge in [-0.3, -0.25) is 39.7 Å². The van der Waals surface area contributed by atoms with Gasteiger partial charge in [0.25, 0.3) is 23.4 Å². The van der Waals surface area contributed by atoms with Crippen molar-refractivity contribution in [2.45, 2.75) is 19.4 Å². The van der Waals surface area contributed by atoms with Gasteiger partial charge in [0.05, 0.1) is 28.2 Å². The summed E-state index contributed by atoms with van der Waals surface area (Å²) >= 11 is 0. The Bertz CT molecular complexity index is 1330. The zero-order valence-electron chi connectivity index (χ0n) is 18.5. The number of aromatic nitrogens is 1. The van der Waals surface area contributed by atoms with Gasteiger partial charge in [-0.1, -0.05) is 24.3 Å². The SMILES string of the molecule is Cc1ccc([N+](=O)[O-])cc1C(=O)N(NC(=O)c1cccnc1)C1CC(=O)N(c2ccccc2)C1=O. The number of carbonyl (C=O) groups excluding carboxylic acids is 4. The number of hydrogen-bond donors (Lipinski definition) is 1. The van der Waals surface area contributed by atoms with E-state index in [9.17, 15) is 29.3 Å². The van der Waals surface area contributed by atoms with Crippen LogP contribution in [0.25, 0.3) is 0 Å². The van der Waals surface area contributed by atoms with Crippen LogP contribution in [0.15, 0.2) is 73.1 Å². The zero-order valence-corrected chi connectivity index (χ0v) is 18.5. The first-order valence-corrected chi connectivity index (χ1v) is 10.5. The summed E-state index contributed by atoms with van der Waals surface area (Å²) in [7, 11) is 0. The van der Waals surface area contributed by atoms with Crippen molar-refractivity contribution in [1.82, 2.24) is 15.4 Å². The van der Waals surface area contributed by atoms with Gasteiger partial charge in [-0.05, 0) is 36.8 Å². The van der Waals surface area contributed by atoms with Crippen molar-refractivity contribution in [3.05, 3.63) is 99.9 Å². The van der Waals surface area contributed by atoms with Crippen LogP contribution in [0.3, 0.4) is 0 Å². The third kappa shape index (κ3) is 4.60. The third-order valence-corrected chi connectivity index (χ3v) is 5.48. The Morgan fingerprint density at radius 2 is 1.86 bits per heavy atom. The van der Waals surface area contributed by atoms with Crippen LogP contribution in [-0.2, 0) is 9.59 Å². The second-order valence-electron chi connectivity index (χ2n) is 7.74. The Kier molecular flexibility index (Phi) is 6.32. The van der Waals surface area contributed by atoms with Crippen molar-refractivity contribution >= 4 is 35.0 Å². The molecule has 2 heterocycles. The maximum atomic E-state index is 13.6. The summed E-state index contributed by atoms with van der Waals surface area (Å²) in [6, 6.07) is 13.5. The minimum absolute atomic E-state index is 0.0934. The normalized spacial score (nSPS) is 15.1. The lowest BCUT2D eigenvalue weighted by atomic mass is 10.1. The molecule has 0 bridgehead atoms. The van der Waals surface area contributed by atoms with Crippen LogP contribution in [0.4, 0.5) is 11.4 Å². The Balaban J connectivity index is 1.74. The summed E-state index contributed by atoms with van der Waals surface area (Å²) in [5, 5.41) is 12.0. The van der Waals surface area contributed by atoms with Crippen LogP contribution in [0.2, 0.25) is 0 Å². The number of hydrazine groups is 1. The van der Waals surface area contributed by atoms with Crippen molar-refractivity contribution in [1.29, 1.82) is 0 Å². The molecule has 11 nitrogen and oxygen atoms in total. The highest BCUT2D eigenvalue weighted by atomic mass is 16.6. The summed E-state index contributed by atoms with van der Waals surface area (Å²) in [6.07, 6.45) is 2.35. The summed E-state index contributed by atoms with van der Waals surface area (Å²) in [6.45, 7) is 1.57. The maximum absolute atomic E-state index is 13.6. The van der Waals surface area contributed by atoms with E-state index in [0.29, 0.717) is 11.3 Å². The number of nitro benzene ring substituents is 1. The Labute approximate surface area is 199 Å². The number of nitrogens with zero attached hydrogens (tertiary/aromatic N) is 4. The lowest BCUT2D eigenvalue weighted by Gasteiger charge is -2.28. The fourth-order valence-electron chi connectivity index (χ4n) is 3.69. The molecule has 1 aromatic heterocycles. The van der Waals surface area contributed by atoms with Crippen LogP contribution in [0.5, 0.6) is 0 Å². The molecule has 2 aromatic carbocycles. The first-order chi connectivity index (χ1) is 16.8. The highest BCUT2D eigenvalue weighted by Gasteiger charge is 2.45. The summed E-state index contributed by atoms with van der Waals surface area (Å²) < 4.78 is 0. The molecule has 1 atom stereocenters. The number of benzene rings is 2. The minimum Gasteiger partial charge on any atom is -0.274 e. The van der Waals surface area contributed by atoms with E-state index in [1.165, 1.54) is 36.7 Å². The minimum atomic E-state index is -1.37. The number of para-hydroxylation sites is 1. The van der Waals surface area contributed by atoms with Crippen LogP contribution in [-0.4, -0.2) is 44.6 Å². The topological polar surface area (TPSA) is 143 Å². The number of anilines is 1. The molecule has 0 saturated carbocycles. The Morgan fingerprint density at radius 1 is 1.11 bits per heavy atom. The molecule has 4 rings (SSSR count). The van der Waals surface area contributed by atoms with Crippen molar-refractivity contribution in [3.63, 3.8) is 0 Å². The molecule has 1 fully saturated rings. The molecule has 0 radical (unpaired) electrons. The van der Waals surface area contributed by atoms with Gasteiger partial charge in [0, 0.05) is 24.5 Å². The van der Waals surface area contributed by atoms with Gasteiger partial charge in [-0.25, -0.2) is 9.91 Å². The molecule has 0 spiro atoms. The van der Waals surface area contributed by atoms with E-state index in [1.807, 2.05) is 0 Å². The lowest BCUT2D eigenvalue weighted by Crippen LogP contribution is -2.54. The predicted octanol–water partition coefficient (Wildman–Crippen LogP) is 2.42. The smallest absolute Gasteiger partial charge is 0.273 e. The summed E-state index contributed by atoms with van der Waals surface area (Å²) in [5.74, 6) is -2.89. The van der Waals surface area contributed by atoms with Gasteiger partial charge in [-0.2, -0.15) is 0 Å². The molecule has 35 heavy (non-hydrogen) atoms. The second kappa shape index (κ2) is 9.51. The highest BCUT2D eigenvalue weighted by molar-refractivity contribution is 6.23. The second-order valence-corrected chi connectivity index (χ2v) is 7.74. The molecule has 1 aliphatic rings. The standard InChI is InChI=1S/C24H19N5O6/c1-15-9-10-18(29(34)35)12-19(15)23(32)28(26-22(31)16-6-5-11-25-14-16)20-13-21(30)27(24(20)33)17-7-3-2-4-8-17/h2-12,14,20H,13H2,1H3,(H,26,31). The molecular weight excluding hydrogens is 454 g/mol. The zero-order chi connectivity index (χ0) is 25.1. The van der Waals surface area contributed by atoms with Gasteiger partial charge in [-0.15, -0.1) is 0 Å². The molecule has 3 aromatic rings. The number of non-ortho nitro benzene ring substituents is 1. The number of nitro groups is 1. The number of carbonyl (C=O) groups is 4. The van der Waals surface area contributed by atoms with Gasteiger partial charge >= 0.3 is 0 Å². The van der Waals surface area contributed by atoms with E-state index in [0.717, 1.165) is 16.0 Å². The van der Waals surface area contributed by atoms with E-state index < -0.39 is 34.6 Å². The van der Waals surface area contributed by atoms with Crippen LogP contribution < -0.4 is 10.3 Å².